The minimum atomic E-state index is 0.403. The van der Waals surface area contributed by atoms with Crippen molar-refractivity contribution in [2.24, 2.45) is 0 Å². The molecule has 0 aromatic heterocycles. The Bertz CT molecular complexity index is 373. The van der Waals surface area contributed by atoms with Crippen LogP contribution in [-0.4, -0.2) is 25.4 Å². The number of hydrogen-bond donors (Lipinski definition) is 0. The Morgan fingerprint density at radius 2 is 1.78 bits per heavy atom. The number of aryl methyl sites for hydroxylation is 1. The summed E-state index contributed by atoms with van der Waals surface area (Å²) in [5, 5.41) is 0. The molecule has 1 unspecified atom stereocenters. The van der Waals surface area contributed by atoms with Gasteiger partial charge in [0.2, 0.25) is 0 Å². The van der Waals surface area contributed by atoms with Crippen molar-refractivity contribution in [2.75, 3.05) is 13.2 Å². The van der Waals surface area contributed by atoms with Crippen molar-refractivity contribution in [3.05, 3.63) is 35.4 Å². The number of hydrogen-bond acceptors (Lipinski definition) is 2. The van der Waals surface area contributed by atoms with Crippen LogP contribution in [0.15, 0.2) is 24.3 Å². The summed E-state index contributed by atoms with van der Waals surface area (Å²) in [5.41, 5.74) is 2.85. The SMILES string of the molecule is Cc1ccc(C2CCC(OCC3CO3)CC2)cc1. The van der Waals surface area contributed by atoms with Crippen LogP contribution in [0.5, 0.6) is 0 Å². The molecule has 0 N–H and O–H groups in total. The summed E-state index contributed by atoms with van der Waals surface area (Å²) in [4.78, 5) is 0. The molecule has 2 fully saturated rings. The molecule has 18 heavy (non-hydrogen) atoms. The Hall–Kier alpha value is -0.860. The molecule has 3 rings (SSSR count). The molecule has 1 heterocycles. The van der Waals surface area contributed by atoms with Gasteiger partial charge in [-0.2, -0.15) is 0 Å². The number of ether oxygens (including phenoxy) is 2. The van der Waals surface area contributed by atoms with Gasteiger partial charge in [0.05, 0.1) is 19.3 Å². The van der Waals surface area contributed by atoms with Crippen LogP contribution in [0.1, 0.15) is 42.7 Å². The summed E-state index contributed by atoms with van der Waals surface area (Å²) >= 11 is 0. The first-order valence-electron chi connectivity index (χ1n) is 7.11. The fourth-order valence-electron chi connectivity index (χ4n) is 2.81. The zero-order valence-corrected chi connectivity index (χ0v) is 11.1. The average Bonchev–Trinajstić information content (AvgIpc) is 3.22. The first-order chi connectivity index (χ1) is 8.81. The van der Waals surface area contributed by atoms with Gasteiger partial charge < -0.3 is 9.47 Å². The maximum Gasteiger partial charge on any atom is 0.104 e. The van der Waals surface area contributed by atoms with Gasteiger partial charge in [-0.3, -0.25) is 0 Å². The maximum atomic E-state index is 5.89. The Morgan fingerprint density at radius 1 is 1.11 bits per heavy atom. The Kier molecular flexibility index (Phi) is 3.67. The highest BCUT2D eigenvalue weighted by atomic mass is 16.6. The van der Waals surface area contributed by atoms with Crippen molar-refractivity contribution in [2.45, 2.75) is 50.7 Å². The third-order valence-corrected chi connectivity index (χ3v) is 4.14. The first-order valence-corrected chi connectivity index (χ1v) is 7.11. The molecule has 1 saturated carbocycles. The Morgan fingerprint density at radius 3 is 2.39 bits per heavy atom. The molecular weight excluding hydrogens is 224 g/mol. The predicted octanol–water partition coefficient (Wildman–Crippen LogP) is 3.44. The molecule has 2 heteroatoms. The molecule has 1 atom stereocenters. The quantitative estimate of drug-likeness (QED) is 0.759. The van der Waals surface area contributed by atoms with Crippen molar-refractivity contribution in [3.8, 4) is 0 Å². The van der Waals surface area contributed by atoms with Crippen LogP contribution in [-0.2, 0) is 9.47 Å². The highest BCUT2D eigenvalue weighted by Crippen LogP contribution is 2.34. The van der Waals surface area contributed by atoms with E-state index in [-0.39, 0.29) is 0 Å². The van der Waals surface area contributed by atoms with Crippen molar-refractivity contribution < 1.29 is 9.47 Å². The van der Waals surface area contributed by atoms with Gasteiger partial charge in [-0.05, 0) is 44.1 Å². The fraction of sp³-hybridized carbons (Fsp3) is 0.625. The normalized spacial score (nSPS) is 31.3. The van der Waals surface area contributed by atoms with Crippen molar-refractivity contribution in [1.29, 1.82) is 0 Å². The molecule has 98 valence electrons. The van der Waals surface area contributed by atoms with Gasteiger partial charge in [-0.25, -0.2) is 0 Å². The molecule has 0 bridgehead atoms. The molecule has 1 aromatic rings. The van der Waals surface area contributed by atoms with Gasteiger partial charge >= 0.3 is 0 Å². The Labute approximate surface area is 109 Å². The molecule has 0 amide bonds. The number of epoxide rings is 1. The number of benzene rings is 1. The van der Waals surface area contributed by atoms with Crippen molar-refractivity contribution >= 4 is 0 Å². The van der Waals surface area contributed by atoms with Crippen LogP contribution >= 0.6 is 0 Å². The second-order valence-corrected chi connectivity index (χ2v) is 5.67. The van der Waals surface area contributed by atoms with E-state index in [0.717, 1.165) is 19.1 Å². The third-order valence-electron chi connectivity index (χ3n) is 4.14. The van der Waals surface area contributed by atoms with Crippen LogP contribution in [0.4, 0.5) is 0 Å². The topological polar surface area (TPSA) is 21.8 Å². The van der Waals surface area contributed by atoms with E-state index in [4.69, 9.17) is 9.47 Å². The summed E-state index contributed by atoms with van der Waals surface area (Å²) in [7, 11) is 0. The second kappa shape index (κ2) is 5.41. The molecule has 1 saturated heterocycles. The largest absolute Gasteiger partial charge is 0.375 e. The lowest BCUT2D eigenvalue weighted by molar-refractivity contribution is 0.0165. The van der Waals surface area contributed by atoms with Crippen LogP contribution < -0.4 is 0 Å². The molecule has 2 aliphatic rings. The van der Waals surface area contributed by atoms with E-state index >= 15 is 0 Å². The highest BCUT2D eigenvalue weighted by Gasteiger charge is 2.27. The van der Waals surface area contributed by atoms with Gasteiger partial charge in [-0.1, -0.05) is 29.8 Å². The monoisotopic (exact) mass is 246 g/mol. The average molecular weight is 246 g/mol. The summed E-state index contributed by atoms with van der Waals surface area (Å²) in [6.45, 7) is 3.85. The molecule has 1 aromatic carbocycles. The lowest BCUT2D eigenvalue weighted by Gasteiger charge is -2.28. The zero-order valence-electron chi connectivity index (χ0n) is 11.1. The summed E-state index contributed by atoms with van der Waals surface area (Å²) in [6.07, 6.45) is 5.80. The molecular formula is C16H22O2. The lowest BCUT2D eigenvalue weighted by atomic mass is 9.82. The first kappa shape index (κ1) is 12.2. The molecule has 2 nitrogen and oxygen atoms in total. The van der Waals surface area contributed by atoms with Crippen LogP contribution in [0.2, 0.25) is 0 Å². The van der Waals surface area contributed by atoms with Crippen LogP contribution in [0.3, 0.4) is 0 Å². The smallest absolute Gasteiger partial charge is 0.104 e. The molecule has 1 aliphatic heterocycles. The van der Waals surface area contributed by atoms with E-state index in [1.165, 1.54) is 36.8 Å². The van der Waals surface area contributed by atoms with Crippen LogP contribution in [0, 0.1) is 6.92 Å². The van der Waals surface area contributed by atoms with Crippen LogP contribution in [0.25, 0.3) is 0 Å². The van der Waals surface area contributed by atoms with E-state index in [1.807, 2.05) is 0 Å². The highest BCUT2D eigenvalue weighted by molar-refractivity contribution is 5.24. The van der Waals surface area contributed by atoms with E-state index < -0.39 is 0 Å². The minimum Gasteiger partial charge on any atom is -0.375 e. The minimum absolute atomic E-state index is 0.403. The summed E-state index contributed by atoms with van der Waals surface area (Å²) < 4.78 is 11.1. The Balaban J connectivity index is 1.48. The molecule has 0 radical (unpaired) electrons. The van der Waals surface area contributed by atoms with E-state index in [0.29, 0.717) is 12.2 Å². The molecule has 1 aliphatic carbocycles. The lowest BCUT2D eigenvalue weighted by Crippen LogP contribution is -2.22. The van der Waals surface area contributed by atoms with Gasteiger partial charge in [0.1, 0.15) is 6.10 Å². The van der Waals surface area contributed by atoms with Gasteiger partial charge in [-0.15, -0.1) is 0 Å². The second-order valence-electron chi connectivity index (χ2n) is 5.67. The summed E-state index contributed by atoms with van der Waals surface area (Å²) in [5.74, 6) is 0.739. The standard InChI is InChI=1S/C16H22O2/c1-12-2-4-13(5-3-12)14-6-8-15(9-7-14)17-10-16-11-18-16/h2-5,14-16H,6-11H2,1H3. The van der Waals surface area contributed by atoms with Crippen molar-refractivity contribution in [3.63, 3.8) is 0 Å². The van der Waals surface area contributed by atoms with E-state index in [2.05, 4.69) is 31.2 Å². The van der Waals surface area contributed by atoms with Gasteiger partial charge in [0.25, 0.3) is 0 Å². The van der Waals surface area contributed by atoms with E-state index in [1.54, 1.807) is 0 Å². The fourth-order valence-corrected chi connectivity index (χ4v) is 2.81. The summed E-state index contributed by atoms with van der Waals surface area (Å²) in [6, 6.07) is 9.03. The predicted molar refractivity (Wildman–Crippen MR) is 71.9 cm³/mol. The third kappa shape index (κ3) is 3.12. The van der Waals surface area contributed by atoms with E-state index in [9.17, 15) is 0 Å². The van der Waals surface area contributed by atoms with Gasteiger partial charge in [0, 0.05) is 0 Å². The molecule has 0 spiro atoms. The number of rotatable bonds is 4. The maximum absolute atomic E-state index is 5.89. The van der Waals surface area contributed by atoms with Gasteiger partial charge in [0.15, 0.2) is 0 Å². The van der Waals surface area contributed by atoms with Crippen molar-refractivity contribution in [1.82, 2.24) is 0 Å². The zero-order chi connectivity index (χ0) is 12.4.